The fraction of sp³-hybridized carbons (Fsp3) is 0.400. The molecule has 1 fully saturated rings. The predicted molar refractivity (Wildman–Crippen MR) is 128 cm³/mol. The zero-order chi connectivity index (χ0) is 21.5. The molecule has 1 amide bonds. The lowest BCUT2D eigenvalue weighted by Crippen LogP contribution is -2.47. The molecule has 2 N–H and O–H groups in total. The van der Waals surface area contributed by atoms with Gasteiger partial charge in [0, 0.05) is 35.4 Å². The molecule has 1 aliphatic rings. The Morgan fingerprint density at radius 2 is 2.10 bits per heavy atom. The standard InChI is InChI=1S/C25H33N3OS/c1-5-8-20-15-24(27-18(20)3)25(29)28(6-2)22-10-7-9-21(16-22)26-17-19-11-13-23(30-4)14-12-19/h5,8,11-15,21-22,26-27H,1,3,6-7,9-10,16-17H2,2,4H3/b20-8-. The molecule has 4 nitrogen and oxygen atoms in total. The minimum absolute atomic E-state index is 0.0596. The first kappa shape index (κ1) is 22.4. The summed E-state index contributed by atoms with van der Waals surface area (Å²) in [4.78, 5) is 19.7. The van der Waals surface area contributed by atoms with E-state index in [-0.39, 0.29) is 11.9 Å². The Hall–Kier alpha value is -2.24. The first-order valence-electron chi connectivity index (χ1n) is 10.7. The van der Waals surface area contributed by atoms with Gasteiger partial charge in [-0.3, -0.25) is 4.79 Å². The van der Waals surface area contributed by atoms with Gasteiger partial charge >= 0.3 is 0 Å². The maximum absolute atomic E-state index is 13.2. The van der Waals surface area contributed by atoms with Gasteiger partial charge in [0.1, 0.15) is 5.69 Å². The van der Waals surface area contributed by atoms with Gasteiger partial charge in [0.25, 0.3) is 5.91 Å². The number of hydrogen-bond donors (Lipinski definition) is 2. The molecule has 30 heavy (non-hydrogen) atoms. The van der Waals surface area contributed by atoms with Crippen molar-refractivity contribution >= 4 is 30.3 Å². The van der Waals surface area contributed by atoms with Gasteiger partial charge in [-0.25, -0.2) is 0 Å². The summed E-state index contributed by atoms with van der Waals surface area (Å²) in [5, 5.41) is 5.39. The minimum Gasteiger partial charge on any atom is -0.351 e. The van der Waals surface area contributed by atoms with E-state index >= 15 is 0 Å². The zero-order valence-electron chi connectivity index (χ0n) is 18.1. The van der Waals surface area contributed by atoms with Crippen molar-refractivity contribution < 1.29 is 4.79 Å². The van der Waals surface area contributed by atoms with Gasteiger partial charge in [0.15, 0.2) is 0 Å². The van der Waals surface area contributed by atoms with Gasteiger partial charge in [0.05, 0.1) is 0 Å². The van der Waals surface area contributed by atoms with Crippen molar-refractivity contribution in [2.24, 2.45) is 0 Å². The molecule has 2 aromatic rings. The van der Waals surface area contributed by atoms with Crippen LogP contribution in [0.2, 0.25) is 0 Å². The molecule has 1 aliphatic carbocycles. The molecule has 1 saturated carbocycles. The van der Waals surface area contributed by atoms with Crippen LogP contribution in [0.3, 0.4) is 0 Å². The summed E-state index contributed by atoms with van der Waals surface area (Å²) in [7, 11) is 0. The lowest BCUT2D eigenvalue weighted by molar-refractivity contribution is 0.0622. The Labute approximate surface area is 184 Å². The minimum atomic E-state index is 0.0596. The van der Waals surface area contributed by atoms with Gasteiger partial charge in [-0.1, -0.05) is 37.4 Å². The molecular weight excluding hydrogens is 390 g/mol. The lowest BCUT2D eigenvalue weighted by Gasteiger charge is -2.37. The molecule has 160 valence electrons. The van der Waals surface area contributed by atoms with Crippen LogP contribution in [-0.4, -0.2) is 40.7 Å². The van der Waals surface area contributed by atoms with Gasteiger partial charge in [0.2, 0.25) is 0 Å². The second-order valence-corrected chi connectivity index (χ2v) is 8.74. The number of nitrogens with zero attached hydrogens (tertiary/aromatic N) is 1. The summed E-state index contributed by atoms with van der Waals surface area (Å²) in [5.41, 5.74) is 1.91. The number of benzene rings is 1. The van der Waals surface area contributed by atoms with E-state index in [0.29, 0.717) is 18.3 Å². The normalized spacial score (nSPS) is 19.6. The highest BCUT2D eigenvalue weighted by Gasteiger charge is 2.29. The summed E-state index contributed by atoms with van der Waals surface area (Å²) in [6, 6.07) is 11.3. The monoisotopic (exact) mass is 423 g/mol. The molecule has 0 bridgehead atoms. The molecule has 5 heteroatoms. The molecule has 3 rings (SSSR count). The van der Waals surface area contributed by atoms with Crippen LogP contribution in [0.4, 0.5) is 0 Å². The maximum atomic E-state index is 13.2. The molecule has 1 heterocycles. The fourth-order valence-corrected chi connectivity index (χ4v) is 4.67. The number of hydrogen-bond acceptors (Lipinski definition) is 3. The van der Waals surface area contributed by atoms with Crippen LogP contribution in [0.1, 0.15) is 48.7 Å². The van der Waals surface area contributed by atoms with Crippen molar-refractivity contribution in [3.8, 4) is 0 Å². The quantitative estimate of drug-likeness (QED) is 0.637. The summed E-state index contributed by atoms with van der Waals surface area (Å²) >= 11 is 1.76. The number of aromatic nitrogens is 1. The number of nitrogens with one attached hydrogen (secondary N) is 2. The van der Waals surface area contributed by atoms with E-state index in [1.165, 1.54) is 10.5 Å². The molecule has 2 unspecified atom stereocenters. The Kier molecular flexibility index (Phi) is 8.00. The summed E-state index contributed by atoms with van der Waals surface area (Å²) in [5.74, 6) is 0.0596. The Bertz CT molecular complexity index is 963. The molecule has 0 aliphatic heterocycles. The van der Waals surface area contributed by atoms with Crippen LogP contribution in [0.5, 0.6) is 0 Å². The molecule has 0 radical (unpaired) electrons. The SMILES string of the molecule is C=C/C=c1/cc(C(=O)N(CC)C2CCCC(NCc3ccc(SC)cc3)C2)[nH]c1=C. The fourth-order valence-electron chi connectivity index (χ4n) is 4.26. The van der Waals surface area contributed by atoms with Crippen LogP contribution in [0.25, 0.3) is 12.7 Å². The Balaban J connectivity index is 1.64. The van der Waals surface area contributed by atoms with Gasteiger partial charge in [-0.15, -0.1) is 11.8 Å². The number of amides is 1. The average Bonchev–Trinajstić information content (AvgIpc) is 3.14. The second-order valence-electron chi connectivity index (χ2n) is 7.86. The number of rotatable bonds is 8. The van der Waals surface area contributed by atoms with Crippen LogP contribution in [0, 0.1) is 0 Å². The predicted octanol–water partition coefficient (Wildman–Crippen LogP) is 3.68. The van der Waals surface area contributed by atoms with Gasteiger partial charge < -0.3 is 15.2 Å². The van der Waals surface area contributed by atoms with Crippen molar-refractivity contribution in [3.05, 3.63) is 64.8 Å². The summed E-state index contributed by atoms with van der Waals surface area (Å²) in [6.45, 7) is 11.4. The third-order valence-corrected chi connectivity index (χ3v) is 6.65. The topological polar surface area (TPSA) is 48.1 Å². The molecule has 0 saturated heterocycles. The molecule has 1 aromatic carbocycles. The first-order chi connectivity index (χ1) is 14.5. The zero-order valence-corrected chi connectivity index (χ0v) is 18.9. The number of allylic oxidation sites excluding steroid dienone is 1. The highest BCUT2D eigenvalue weighted by Crippen LogP contribution is 2.25. The van der Waals surface area contributed by atoms with Crippen LogP contribution < -0.4 is 15.9 Å². The lowest BCUT2D eigenvalue weighted by atomic mass is 9.89. The van der Waals surface area contributed by atoms with E-state index in [9.17, 15) is 4.79 Å². The highest BCUT2D eigenvalue weighted by molar-refractivity contribution is 7.98. The largest absolute Gasteiger partial charge is 0.351 e. The van der Waals surface area contributed by atoms with E-state index in [4.69, 9.17) is 0 Å². The van der Waals surface area contributed by atoms with Gasteiger partial charge in [-0.2, -0.15) is 0 Å². The van der Waals surface area contributed by atoms with Crippen molar-refractivity contribution in [2.45, 2.75) is 56.1 Å². The summed E-state index contributed by atoms with van der Waals surface area (Å²) in [6.07, 6.45) is 10.0. The van der Waals surface area contributed by atoms with E-state index < -0.39 is 0 Å². The van der Waals surface area contributed by atoms with Gasteiger partial charge in [-0.05, 0) is 67.8 Å². The number of carbonyl (C=O) groups excluding carboxylic acids is 1. The maximum Gasteiger partial charge on any atom is 0.270 e. The number of carbonyl (C=O) groups is 1. The number of thioether (sulfide) groups is 1. The smallest absolute Gasteiger partial charge is 0.270 e. The van der Waals surface area contributed by atoms with Crippen molar-refractivity contribution in [3.63, 3.8) is 0 Å². The Morgan fingerprint density at radius 3 is 2.77 bits per heavy atom. The highest BCUT2D eigenvalue weighted by atomic mass is 32.2. The van der Waals surface area contributed by atoms with Crippen molar-refractivity contribution in [1.82, 2.24) is 15.2 Å². The summed E-state index contributed by atoms with van der Waals surface area (Å²) < 4.78 is 0. The second kappa shape index (κ2) is 10.7. The van der Waals surface area contributed by atoms with Crippen LogP contribution in [0.15, 0.2) is 47.9 Å². The third-order valence-electron chi connectivity index (χ3n) is 5.90. The number of H-pyrrole nitrogens is 1. The molecule has 2 atom stereocenters. The van der Waals surface area contributed by atoms with E-state index in [1.807, 2.05) is 17.0 Å². The van der Waals surface area contributed by atoms with E-state index in [0.717, 1.165) is 42.8 Å². The average molecular weight is 424 g/mol. The number of aromatic amines is 1. The molecular formula is C25H33N3OS. The van der Waals surface area contributed by atoms with E-state index in [1.54, 1.807) is 17.8 Å². The molecule has 1 aromatic heterocycles. The molecule has 0 spiro atoms. The van der Waals surface area contributed by atoms with Crippen LogP contribution >= 0.6 is 11.8 Å². The Morgan fingerprint density at radius 1 is 1.33 bits per heavy atom. The third kappa shape index (κ3) is 5.46. The van der Waals surface area contributed by atoms with E-state index in [2.05, 4.69) is 60.9 Å². The van der Waals surface area contributed by atoms with Crippen LogP contribution in [-0.2, 0) is 6.54 Å². The first-order valence-corrected chi connectivity index (χ1v) is 12.0. The van der Waals surface area contributed by atoms with Crippen molar-refractivity contribution in [1.29, 1.82) is 0 Å². The van der Waals surface area contributed by atoms with Crippen molar-refractivity contribution in [2.75, 3.05) is 12.8 Å².